The molecule has 2 heterocycles. The molecule has 1 aliphatic rings. The van der Waals surface area contributed by atoms with Gasteiger partial charge >= 0.3 is 0 Å². The summed E-state index contributed by atoms with van der Waals surface area (Å²) in [4.78, 5) is 0. The van der Waals surface area contributed by atoms with Crippen LogP contribution in [0.1, 0.15) is 33.1 Å². The zero-order chi connectivity index (χ0) is 22.5. The van der Waals surface area contributed by atoms with E-state index in [2.05, 4.69) is 5.32 Å². The number of fused-ring (bicyclic) bond motifs is 1. The van der Waals surface area contributed by atoms with Crippen molar-refractivity contribution in [3.8, 4) is 0 Å². The van der Waals surface area contributed by atoms with Crippen LogP contribution in [0, 0.1) is 0 Å². The van der Waals surface area contributed by atoms with Crippen LogP contribution in [0.5, 0.6) is 0 Å². The molecule has 1 aliphatic heterocycles. The van der Waals surface area contributed by atoms with Crippen molar-refractivity contribution in [2.24, 2.45) is 0 Å². The van der Waals surface area contributed by atoms with Crippen LogP contribution < -0.4 is 5.32 Å². The summed E-state index contributed by atoms with van der Waals surface area (Å²) in [6, 6.07) is -1.22. The summed E-state index contributed by atoms with van der Waals surface area (Å²) in [5, 5.41) is 2.10. The van der Waals surface area contributed by atoms with Gasteiger partial charge in [-0.2, -0.15) is 4.31 Å². The van der Waals surface area contributed by atoms with Crippen LogP contribution >= 0.6 is 11.3 Å². The Morgan fingerprint density at radius 3 is 3.00 bits per heavy atom. The topological polar surface area (TPSA) is 92.8 Å². The van der Waals surface area contributed by atoms with Gasteiger partial charge in [0, 0.05) is 51.5 Å². The second-order valence-corrected chi connectivity index (χ2v) is 10.4. The highest BCUT2D eigenvalue weighted by Gasteiger charge is 2.39. The smallest absolute Gasteiger partial charge is 0.252 e. The lowest BCUT2D eigenvalue weighted by Crippen LogP contribution is -2.43. The Morgan fingerprint density at radius 2 is 2.39 bits per heavy atom. The van der Waals surface area contributed by atoms with Crippen molar-refractivity contribution < 1.29 is 29.8 Å². The van der Waals surface area contributed by atoms with E-state index in [9.17, 15) is 16.8 Å². The molecule has 23 heavy (non-hydrogen) atoms. The van der Waals surface area contributed by atoms with E-state index in [1.807, 2.05) is 0 Å². The van der Waals surface area contributed by atoms with E-state index in [0.29, 0.717) is 11.3 Å². The maximum absolute atomic E-state index is 13.0. The summed E-state index contributed by atoms with van der Waals surface area (Å²) in [7, 11) is -6.53. The fourth-order valence-corrected chi connectivity index (χ4v) is 6.53. The maximum Gasteiger partial charge on any atom is 0.252 e. The minimum atomic E-state index is -4.16. The lowest BCUT2D eigenvalue weighted by Gasteiger charge is -2.32. The lowest BCUT2D eigenvalue weighted by molar-refractivity contribution is 0.185. The SMILES string of the molecule is [2H]C([2H])([2H])C([2H])([2H])N[C@@]1([2H])CN(CCCOC)S(=O)(=O)c2sc(S(C)(=O)=O)cc21. The van der Waals surface area contributed by atoms with E-state index in [4.69, 9.17) is 13.0 Å². The lowest BCUT2D eigenvalue weighted by atomic mass is 10.1. The molecule has 1 N–H and O–H groups in total. The number of likely N-dealkylation sites (N-methyl/N-ethyl adjacent to an activating group) is 1. The first-order valence-electron chi connectivity index (χ1n) is 9.58. The van der Waals surface area contributed by atoms with E-state index in [-0.39, 0.29) is 29.3 Å². The Morgan fingerprint density at radius 1 is 1.65 bits per heavy atom. The van der Waals surface area contributed by atoms with Gasteiger partial charge in [0.25, 0.3) is 10.0 Å². The van der Waals surface area contributed by atoms with Crippen molar-refractivity contribution in [2.75, 3.05) is 39.6 Å². The highest BCUT2D eigenvalue weighted by Crippen LogP contribution is 2.40. The number of hydrogen-bond donors (Lipinski definition) is 1. The number of ether oxygens (including phenoxy) is 1. The zero-order valence-electron chi connectivity index (χ0n) is 18.6. The normalized spacial score (nSPS) is 29.5. The molecule has 1 aromatic rings. The minimum absolute atomic E-state index is 0.0687. The molecule has 1 aromatic heterocycles. The molecular formula is C13H22N2O5S3. The summed E-state index contributed by atoms with van der Waals surface area (Å²) in [6.45, 7) is -6.61. The summed E-state index contributed by atoms with van der Waals surface area (Å²) in [6.07, 6.45) is 1.16. The van der Waals surface area contributed by atoms with Crippen molar-refractivity contribution in [1.29, 1.82) is 0 Å². The summed E-state index contributed by atoms with van der Waals surface area (Å²) in [5.41, 5.74) is -0.293. The molecule has 0 saturated carbocycles. The van der Waals surface area contributed by atoms with Gasteiger partial charge in [0.15, 0.2) is 9.84 Å². The summed E-state index contributed by atoms with van der Waals surface area (Å²) < 4.78 is 101. The summed E-state index contributed by atoms with van der Waals surface area (Å²) in [5.74, 6) is 0. The number of sulfonamides is 1. The number of rotatable bonds is 7. The predicted molar refractivity (Wildman–Crippen MR) is 89.1 cm³/mol. The summed E-state index contributed by atoms with van der Waals surface area (Å²) >= 11 is 0.456. The highest BCUT2D eigenvalue weighted by atomic mass is 32.3. The molecule has 0 radical (unpaired) electrons. The van der Waals surface area contributed by atoms with Crippen molar-refractivity contribution in [1.82, 2.24) is 9.62 Å². The Bertz CT molecular complexity index is 976. The molecule has 0 unspecified atom stereocenters. The molecule has 0 spiro atoms. The third-order valence-corrected chi connectivity index (χ3v) is 8.54. The van der Waals surface area contributed by atoms with Gasteiger partial charge in [-0.3, -0.25) is 0 Å². The first kappa shape index (κ1) is 11.9. The van der Waals surface area contributed by atoms with E-state index in [1.165, 1.54) is 7.11 Å². The molecule has 1 atom stereocenters. The van der Waals surface area contributed by atoms with Crippen LogP contribution in [-0.2, 0) is 24.6 Å². The number of thiophene rings is 1. The molecule has 132 valence electrons. The maximum atomic E-state index is 13.0. The molecule has 2 rings (SSSR count). The number of nitrogens with one attached hydrogen (secondary N) is 1. The number of sulfone groups is 1. The van der Waals surface area contributed by atoms with E-state index < -0.39 is 50.0 Å². The van der Waals surface area contributed by atoms with Gasteiger partial charge in [0.05, 0.1) is 1.37 Å². The van der Waals surface area contributed by atoms with E-state index in [0.717, 1.165) is 16.6 Å². The average Bonchev–Trinajstić information content (AvgIpc) is 2.99. The molecule has 0 saturated heterocycles. The number of hydrogen-bond acceptors (Lipinski definition) is 7. The van der Waals surface area contributed by atoms with Gasteiger partial charge in [-0.25, -0.2) is 16.8 Å². The Hall–Kier alpha value is -0.520. The number of methoxy groups -OCH3 is 1. The highest BCUT2D eigenvalue weighted by molar-refractivity contribution is 7.94. The molecule has 0 fully saturated rings. The molecule has 10 heteroatoms. The van der Waals surface area contributed by atoms with Crippen molar-refractivity contribution in [2.45, 2.75) is 27.7 Å². The van der Waals surface area contributed by atoms with Crippen molar-refractivity contribution in [3.63, 3.8) is 0 Å². The third-order valence-electron chi connectivity index (χ3n) is 3.24. The largest absolute Gasteiger partial charge is 0.385 e. The van der Waals surface area contributed by atoms with Gasteiger partial charge < -0.3 is 10.1 Å². The molecule has 0 bridgehead atoms. The third kappa shape index (κ3) is 3.94. The molecule has 0 aliphatic carbocycles. The van der Waals surface area contributed by atoms with Gasteiger partial charge in [-0.1, -0.05) is 6.85 Å². The van der Waals surface area contributed by atoms with Crippen LogP contribution in [0.15, 0.2) is 14.5 Å². The van der Waals surface area contributed by atoms with Gasteiger partial charge in [0.2, 0.25) is 0 Å². The van der Waals surface area contributed by atoms with Crippen LogP contribution in [0.4, 0.5) is 0 Å². The van der Waals surface area contributed by atoms with Crippen LogP contribution in [0.2, 0.25) is 0 Å². The zero-order valence-corrected chi connectivity index (χ0v) is 15.1. The minimum Gasteiger partial charge on any atom is -0.385 e. The van der Waals surface area contributed by atoms with E-state index in [1.54, 1.807) is 0 Å². The average molecular weight is 389 g/mol. The second-order valence-electron chi connectivity index (χ2n) is 4.95. The van der Waals surface area contributed by atoms with Crippen molar-refractivity contribution >= 4 is 31.2 Å². The molecule has 0 aromatic carbocycles. The van der Waals surface area contributed by atoms with Gasteiger partial charge in [-0.05, 0) is 19.0 Å². The second kappa shape index (κ2) is 7.16. The molecule has 0 amide bonds. The fraction of sp³-hybridized carbons (Fsp3) is 0.692. The van der Waals surface area contributed by atoms with Crippen LogP contribution in [-0.4, -0.2) is 60.7 Å². The Kier molecular flexibility index (Phi) is 3.71. The first-order chi connectivity index (χ1) is 13.0. The standard InChI is InChI=1S/C13H22N2O5S3/c1-4-14-11-9-15(6-5-7-20-2)23(18,19)13-10(11)8-12(21-13)22(3,16)17/h8,11,14H,4-7,9H2,1-3H3/t11-/m0/s1/i1D3,4D2,11D. The van der Waals surface area contributed by atoms with Crippen molar-refractivity contribution in [3.05, 3.63) is 11.6 Å². The molecule has 7 nitrogen and oxygen atoms in total. The molecular weight excluding hydrogens is 360 g/mol. The first-order valence-corrected chi connectivity index (χ1v) is 10.7. The number of nitrogens with zero attached hydrogens (tertiary/aromatic N) is 1. The van der Waals surface area contributed by atoms with Gasteiger partial charge in [-0.15, -0.1) is 11.3 Å². The van der Waals surface area contributed by atoms with Crippen LogP contribution in [0.25, 0.3) is 0 Å². The predicted octanol–water partition coefficient (Wildman–Crippen LogP) is 0.843. The van der Waals surface area contributed by atoms with E-state index >= 15 is 0 Å². The van der Waals surface area contributed by atoms with Gasteiger partial charge in [0.1, 0.15) is 8.42 Å². The quantitative estimate of drug-likeness (QED) is 0.696. The Labute approximate surface area is 150 Å². The monoisotopic (exact) mass is 388 g/mol. The fourth-order valence-electron chi connectivity index (χ4n) is 2.17. The van der Waals surface area contributed by atoms with Crippen LogP contribution in [0.3, 0.4) is 0 Å². The Balaban J connectivity index is 2.64.